The second-order valence-corrected chi connectivity index (χ2v) is 2.82. The van der Waals surface area contributed by atoms with Crippen LogP contribution in [0.4, 0.5) is 0 Å². The summed E-state index contributed by atoms with van der Waals surface area (Å²) in [6.45, 7) is 2.23. The average molecular weight is 230 g/mol. The molecule has 1 aromatic rings. The normalized spacial score (nSPS) is 9.08. The predicted octanol–water partition coefficient (Wildman–Crippen LogP) is 3.39. The zero-order valence-corrected chi connectivity index (χ0v) is 9.21. The molecule has 0 radical (unpaired) electrons. The first-order chi connectivity index (χ1) is 5.43. The Labute approximate surface area is 85.0 Å². The lowest BCUT2D eigenvalue weighted by molar-refractivity contribution is 0.716. The minimum Gasteiger partial charge on any atom is -0.264 e. The number of nitrogens with zero attached hydrogens (tertiary/aromatic N) is 1. The molecule has 0 atom stereocenters. The van der Waals surface area contributed by atoms with Gasteiger partial charge in [-0.25, -0.2) is 0 Å². The number of hydrogen-bond acceptors (Lipinski definition) is 1. The lowest BCUT2D eigenvalue weighted by Crippen LogP contribution is -1.85. The van der Waals surface area contributed by atoms with E-state index in [1.54, 1.807) is 0 Å². The first kappa shape index (κ1) is 11.6. The molecule has 0 bridgehead atoms. The van der Waals surface area contributed by atoms with Crippen molar-refractivity contribution in [2.45, 2.75) is 32.6 Å². The number of pyridine rings is 1. The maximum Gasteiger partial charge on any atom is 0.0299 e. The maximum absolute atomic E-state index is 4.06. The van der Waals surface area contributed by atoms with Crippen molar-refractivity contribution in [1.29, 1.82) is 0 Å². The molecule has 0 spiro atoms. The van der Waals surface area contributed by atoms with Crippen molar-refractivity contribution < 1.29 is 0 Å². The van der Waals surface area contributed by atoms with Crippen LogP contribution in [-0.2, 0) is 6.42 Å². The van der Waals surface area contributed by atoms with E-state index < -0.39 is 0 Å². The molecular formula is C10H16BrN. The molecule has 1 nitrogen and oxygen atoms in total. The molecule has 12 heavy (non-hydrogen) atoms. The highest BCUT2D eigenvalue weighted by Gasteiger charge is 1.90. The van der Waals surface area contributed by atoms with Gasteiger partial charge in [-0.3, -0.25) is 4.98 Å². The molecule has 0 saturated heterocycles. The quantitative estimate of drug-likeness (QED) is 0.722. The van der Waals surface area contributed by atoms with Gasteiger partial charge < -0.3 is 0 Å². The summed E-state index contributed by atoms with van der Waals surface area (Å²) in [4.78, 5) is 4.06. The summed E-state index contributed by atoms with van der Waals surface area (Å²) in [5.41, 5.74) is 1.36. The van der Waals surface area contributed by atoms with E-state index in [1.807, 2.05) is 18.5 Å². The Bertz CT molecular complexity index is 186. The molecule has 0 aliphatic rings. The predicted molar refractivity (Wildman–Crippen MR) is 57.8 cm³/mol. The molecule has 68 valence electrons. The fraction of sp³-hybridized carbons (Fsp3) is 0.500. The number of aryl methyl sites for hydroxylation is 1. The van der Waals surface area contributed by atoms with Gasteiger partial charge in [0.15, 0.2) is 0 Å². The van der Waals surface area contributed by atoms with Crippen LogP contribution in [-0.4, -0.2) is 4.98 Å². The Kier molecular flexibility index (Phi) is 7.06. The van der Waals surface area contributed by atoms with Crippen LogP contribution >= 0.6 is 17.0 Å². The summed E-state index contributed by atoms with van der Waals surface area (Å²) >= 11 is 0. The fourth-order valence-electron chi connectivity index (χ4n) is 1.13. The van der Waals surface area contributed by atoms with Gasteiger partial charge in [0.05, 0.1) is 0 Å². The van der Waals surface area contributed by atoms with Gasteiger partial charge in [-0.2, -0.15) is 0 Å². The Balaban J connectivity index is 0.00000121. The van der Waals surface area contributed by atoms with Gasteiger partial charge in [0.25, 0.3) is 0 Å². The number of halogens is 1. The van der Waals surface area contributed by atoms with Crippen LogP contribution in [0.15, 0.2) is 24.5 Å². The van der Waals surface area contributed by atoms with Gasteiger partial charge in [0.2, 0.25) is 0 Å². The van der Waals surface area contributed by atoms with Crippen molar-refractivity contribution in [3.8, 4) is 0 Å². The maximum atomic E-state index is 4.06. The highest BCUT2D eigenvalue weighted by molar-refractivity contribution is 8.93. The second-order valence-electron chi connectivity index (χ2n) is 2.82. The molecule has 1 heterocycles. The van der Waals surface area contributed by atoms with E-state index in [1.165, 1.54) is 31.2 Å². The molecular weight excluding hydrogens is 214 g/mol. The van der Waals surface area contributed by atoms with Crippen molar-refractivity contribution in [1.82, 2.24) is 4.98 Å². The van der Waals surface area contributed by atoms with Crippen LogP contribution < -0.4 is 0 Å². The van der Waals surface area contributed by atoms with E-state index >= 15 is 0 Å². The monoisotopic (exact) mass is 229 g/mol. The third-order valence-electron chi connectivity index (χ3n) is 1.79. The standard InChI is InChI=1S/C10H15N.BrH/c1-2-3-4-6-10-7-5-8-11-9-10;/h5,7-9H,2-4,6H2,1H3;1H. The van der Waals surface area contributed by atoms with Crippen molar-refractivity contribution in [3.05, 3.63) is 30.1 Å². The van der Waals surface area contributed by atoms with Crippen LogP contribution in [0.3, 0.4) is 0 Å². The minimum absolute atomic E-state index is 0. The summed E-state index contributed by atoms with van der Waals surface area (Å²) in [5, 5.41) is 0. The highest BCUT2D eigenvalue weighted by atomic mass is 79.9. The van der Waals surface area contributed by atoms with E-state index in [2.05, 4.69) is 18.0 Å². The minimum atomic E-state index is 0. The third-order valence-corrected chi connectivity index (χ3v) is 1.79. The molecule has 0 aliphatic carbocycles. The Morgan fingerprint density at radius 3 is 2.75 bits per heavy atom. The molecule has 1 aromatic heterocycles. The first-order valence-corrected chi connectivity index (χ1v) is 4.32. The Hall–Kier alpha value is -0.370. The van der Waals surface area contributed by atoms with E-state index in [0.717, 1.165) is 0 Å². The van der Waals surface area contributed by atoms with Gasteiger partial charge in [-0.05, 0) is 24.5 Å². The lowest BCUT2D eigenvalue weighted by Gasteiger charge is -1.97. The number of aromatic nitrogens is 1. The van der Waals surface area contributed by atoms with Crippen LogP contribution in [0.1, 0.15) is 31.7 Å². The number of hydrogen-bond donors (Lipinski definition) is 0. The first-order valence-electron chi connectivity index (χ1n) is 4.32. The summed E-state index contributed by atoms with van der Waals surface area (Å²) in [6.07, 6.45) is 8.87. The lowest BCUT2D eigenvalue weighted by atomic mass is 10.1. The summed E-state index contributed by atoms with van der Waals surface area (Å²) in [5.74, 6) is 0. The fourth-order valence-corrected chi connectivity index (χ4v) is 1.13. The van der Waals surface area contributed by atoms with Crippen LogP contribution in [0.25, 0.3) is 0 Å². The topological polar surface area (TPSA) is 12.9 Å². The van der Waals surface area contributed by atoms with Gasteiger partial charge in [-0.1, -0.05) is 25.8 Å². The largest absolute Gasteiger partial charge is 0.264 e. The second kappa shape index (κ2) is 7.29. The molecule has 0 saturated carbocycles. The van der Waals surface area contributed by atoms with Crippen LogP contribution in [0.2, 0.25) is 0 Å². The third kappa shape index (κ3) is 4.50. The van der Waals surface area contributed by atoms with E-state index in [0.29, 0.717) is 0 Å². The molecule has 0 amide bonds. The van der Waals surface area contributed by atoms with Crippen LogP contribution in [0.5, 0.6) is 0 Å². The Morgan fingerprint density at radius 1 is 1.33 bits per heavy atom. The van der Waals surface area contributed by atoms with Gasteiger partial charge in [0, 0.05) is 12.4 Å². The van der Waals surface area contributed by atoms with E-state index in [9.17, 15) is 0 Å². The average Bonchev–Trinajstić information content (AvgIpc) is 2.07. The van der Waals surface area contributed by atoms with Crippen molar-refractivity contribution in [2.24, 2.45) is 0 Å². The molecule has 0 aromatic carbocycles. The molecule has 0 N–H and O–H groups in total. The zero-order chi connectivity index (χ0) is 7.94. The molecule has 1 rings (SSSR count). The van der Waals surface area contributed by atoms with Crippen molar-refractivity contribution >= 4 is 17.0 Å². The van der Waals surface area contributed by atoms with Gasteiger partial charge in [0.1, 0.15) is 0 Å². The molecule has 0 unspecified atom stereocenters. The van der Waals surface area contributed by atoms with Crippen molar-refractivity contribution in [2.75, 3.05) is 0 Å². The van der Waals surface area contributed by atoms with Crippen molar-refractivity contribution in [3.63, 3.8) is 0 Å². The molecule has 0 fully saturated rings. The smallest absolute Gasteiger partial charge is 0.0299 e. The van der Waals surface area contributed by atoms with E-state index in [-0.39, 0.29) is 17.0 Å². The van der Waals surface area contributed by atoms with Crippen LogP contribution in [0, 0.1) is 0 Å². The zero-order valence-electron chi connectivity index (χ0n) is 7.49. The molecule has 2 heteroatoms. The summed E-state index contributed by atoms with van der Waals surface area (Å²) < 4.78 is 0. The number of unbranched alkanes of at least 4 members (excludes halogenated alkanes) is 2. The summed E-state index contributed by atoms with van der Waals surface area (Å²) in [7, 11) is 0. The number of rotatable bonds is 4. The van der Waals surface area contributed by atoms with E-state index in [4.69, 9.17) is 0 Å². The Morgan fingerprint density at radius 2 is 2.17 bits per heavy atom. The SMILES string of the molecule is Br.CCCCCc1cccnc1. The summed E-state index contributed by atoms with van der Waals surface area (Å²) in [6, 6.07) is 4.14. The van der Waals surface area contributed by atoms with Gasteiger partial charge >= 0.3 is 0 Å². The van der Waals surface area contributed by atoms with Gasteiger partial charge in [-0.15, -0.1) is 17.0 Å². The molecule has 0 aliphatic heterocycles. The highest BCUT2D eigenvalue weighted by Crippen LogP contribution is 2.03.